The number of aliphatic carboxylic acids is 1. The maximum atomic E-state index is 11.5. The fourth-order valence-electron chi connectivity index (χ4n) is 1.30. The molecule has 5 nitrogen and oxygen atoms in total. The number of nitrogens with zero attached hydrogens (tertiary/aromatic N) is 1. The van der Waals surface area contributed by atoms with Crippen molar-refractivity contribution in [3.8, 4) is 0 Å². The van der Waals surface area contributed by atoms with Crippen LogP contribution in [0.15, 0.2) is 9.27 Å². The third-order valence-electron chi connectivity index (χ3n) is 1.87. The minimum absolute atomic E-state index is 0.326. The van der Waals surface area contributed by atoms with Gasteiger partial charge >= 0.3 is 5.97 Å². The predicted octanol–water partition coefficient (Wildman–Crippen LogP) is 1.22. The lowest BCUT2D eigenvalue weighted by Crippen LogP contribution is -2.21. The number of rotatable bonds is 4. The zero-order valence-electron chi connectivity index (χ0n) is 8.58. The Morgan fingerprint density at radius 1 is 1.60 bits per heavy atom. The zero-order valence-corrected chi connectivity index (χ0v) is 10.2. The summed E-state index contributed by atoms with van der Waals surface area (Å²) in [6.45, 7) is 3.72. The highest BCUT2D eigenvalue weighted by molar-refractivity contribution is 9.10. The average Bonchev–Trinajstić information content (AvgIpc) is 2.32. The number of nitrogens with one attached hydrogen (secondary N) is 1. The molecule has 0 spiro atoms. The molecule has 2 N–H and O–H groups in total. The molecule has 1 aromatic rings. The predicted molar refractivity (Wildman–Crippen MR) is 58.9 cm³/mol. The Morgan fingerprint density at radius 2 is 2.20 bits per heavy atom. The molecule has 0 saturated heterocycles. The molecule has 0 atom stereocenters. The fourth-order valence-corrected chi connectivity index (χ4v) is 1.76. The minimum Gasteiger partial charge on any atom is -0.480 e. The molecule has 0 unspecified atom stereocenters. The third-order valence-corrected chi connectivity index (χ3v) is 2.69. The maximum absolute atomic E-state index is 11.5. The van der Waals surface area contributed by atoms with Crippen molar-refractivity contribution in [2.75, 3.05) is 0 Å². The van der Waals surface area contributed by atoms with E-state index in [1.54, 1.807) is 0 Å². The van der Waals surface area contributed by atoms with E-state index in [2.05, 4.69) is 21.0 Å². The van der Waals surface area contributed by atoms with E-state index in [0.29, 0.717) is 16.8 Å². The van der Waals surface area contributed by atoms with Gasteiger partial charge in [0.05, 0.1) is 5.69 Å². The second kappa shape index (κ2) is 4.65. The summed E-state index contributed by atoms with van der Waals surface area (Å²) in [6, 6.07) is 0. The second-order valence-electron chi connectivity index (χ2n) is 3.79. The number of aromatic nitrogens is 2. The molecule has 6 heteroatoms. The molecule has 0 aromatic carbocycles. The van der Waals surface area contributed by atoms with E-state index in [1.165, 1.54) is 0 Å². The Morgan fingerprint density at radius 3 is 2.67 bits per heavy atom. The van der Waals surface area contributed by atoms with Gasteiger partial charge in [0.1, 0.15) is 11.0 Å². The normalized spacial score (nSPS) is 10.9. The number of hydrogen-bond acceptors (Lipinski definition) is 2. The molecule has 1 rings (SSSR count). The van der Waals surface area contributed by atoms with Crippen molar-refractivity contribution >= 4 is 21.9 Å². The average molecular weight is 277 g/mol. The lowest BCUT2D eigenvalue weighted by atomic mass is 10.1. The molecule has 0 aliphatic rings. The first-order valence-corrected chi connectivity index (χ1v) is 5.40. The number of aromatic amines is 1. The number of carboxylic acid groups (broad SMARTS) is 1. The summed E-state index contributed by atoms with van der Waals surface area (Å²) in [7, 11) is 0. The number of carbonyl (C=O) groups is 1. The smallest absolute Gasteiger partial charge is 0.325 e. The summed E-state index contributed by atoms with van der Waals surface area (Å²) < 4.78 is 1.52. The van der Waals surface area contributed by atoms with Gasteiger partial charge in [-0.05, 0) is 28.3 Å². The lowest BCUT2D eigenvalue weighted by Gasteiger charge is -2.01. The maximum Gasteiger partial charge on any atom is 0.325 e. The largest absolute Gasteiger partial charge is 0.480 e. The highest BCUT2D eigenvalue weighted by Gasteiger charge is 2.13. The van der Waals surface area contributed by atoms with Gasteiger partial charge in [0.25, 0.3) is 5.56 Å². The Labute approximate surface area is 95.2 Å². The molecule has 15 heavy (non-hydrogen) atoms. The number of halogens is 1. The van der Waals surface area contributed by atoms with Gasteiger partial charge in [-0.15, -0.1) is 0 Å². The van der Waals surface area contributed by atoms with E-state index < -0.39 is 5.97 Å². The van der Waals surface area contributed by atoms with Crippen LogP contribution in [0.2, 0.25) is 0 Å². The summed E-state index contributed by atoms with van der Waals surface area (Å²) in [4.78, 5) is 22.0. The molecule has 1 aromatic heterocycles. The standard InChI is InChI=1S/C9H13BrN2O3/c1-5(2)3-6-8(10)9(15)12(11-6)4-7(13)14/h5,11H,3-4H2,1-2H3,(H,13,14). The molecular weight excluding hydrogens is 264 g/mol. The molecule has 1 heterocycles. The quantitative estimate of drug-likeness (QED) is 0.869. The van der Waals surface area contributed by atoms with Crippen LogP contribution in [0.4, 0.5) is 0 Å². The fraction of sp³-hybridized carbons (Fsp3) is 0.556. The first kappa shape index (κ1) is 12.0. The van der Waals surface area contributed by atoms with Crippen molar-refractivity contribution in [1.29, 1.82) is 0 Å². The van der Waals surface area contributed by atoms with Gasteiger partial charge in [-0.2, -0.15) is 0 Å². The summed E-state index contributed by atoms with van der Waals surface area (Å²) in [5.41, 5.74) is 0.421. The van der Waals surface area contributed by atoms with Gasteiger partial charge in [-0.1, -0.05) is 13.8 Å². The van der Waals surface area contributed by atoms with Crippen LogP contribution in [0, 0.1) is 5.92 Å². The molecule has 0 amide bonds. The monoisotopic (exact) mass is 276 g/mol. The lowest BCUT2D eigenvalue weighted by molar-refractivity contribution is -0.137. The highest BCUT2D eigenvalue weighted by atomic mass is 79.9. The van der Waals surface area contributed by atoms with Crippen molar-refractivity contribution in [3.05, 3.63) is 20.5 Å². The first-order chi connectivity index (χ1) is 6.91. The van der Waals surface area contributed by atoms with Crippen molar-refractivity contribution in [3.63, 3.8) is 0 Å². The van der Waals surface area contributed by atoms with E-state index in [4.69, 9.17) is 5.11 Å². The molecule has 0 aliphatic carbocycles. The summed E-state index contributed by atoms with van der Waals surface area (Å²) in [5, 5.41) is 11.4. The zero-order chi connectivity index (χ0) is 11.6. The van der Waals surface area contributed by atoms with Crippen molar-refractivity contribution in [2.45, 2.75) is 26.8 Å². The van der Waals surface area contributed by atoms with Crippen LogP contribution in [0.5, 0.6) is 0 Å². The van der Waals surface area contributed by atoms with Crippen LogP contribution in [-0.2, 0) is 17.8 Å². The van der Waals surface area contributed by atoms with E-state index >= 15 is 0 Å². The van der Waals surface area contributed by atoms with Crippen LogP contribution < -0.4 is 5.56 Å². The van der Waals surface area contributed by atoms with Crippen molar-refractivity contribution < 1.29 is 9.90 Å². The Bertz CT molecular complexity index is 419. The molecule has 0 radical (unpaired) electrons. The molecule has 0 aliphatic heterocycles. The van der Waals surface area contributed by atoms with Gasteiger partial charge in [0, 0.05) is 0 Å². The Hall–Kier alpha value is -1.04. The van der Waals surface area contributed by atoms with Crippen LogP contribution in [0.25, 0.3) is 0 Å². The molecule has 84 valence electrons. The van der Waals surface area contributed by atoms with Gasteiger partial charge in [0.15, 0.2) is 0 Å². The van der Waals surface area contributed by atoms with Crippen molar-refractivity contribution in [1.82, 2.24) is 9.78 Å². The Kier molecular flexibility index (Phi) is 3.73. The van der Waals surface area contributed by atoms with Gasteiger partial charge in [-0.3, -0.25) is 14.7 Å². The molecule has 0 bridgehead atoms. The van der Waals surface area contributed by atoms with Gasteiger partial charge in [0.2, 0.25) is 0 Å². The summed E-state index contributed by atoms with van der Waals surface area (Å²) >= 11 is 3.16. The van der Waals surface area contributed by atoms with Gasteiger partial charge < -0.3 is 5.11 Å². The van der Waals surface area contributed by atoms with Crippen LogP contribution in [0.3, 0.4) is 0 Å². The van der Waals surface area contributed by atoms with Crippen LogP contribution in [0.1, 0.15) is 19.5 Å². The van der Waals surface area contributed by atoms with Crippen LogP contribution in [-0.4, -0.2) is 20.9 Å². The SMILES string of the molecule is CC(C)Cc1[nH]n(CC(=O)O)c(=O)c1Br. The highest BCUT2D eigenvalue weighted by Crippen LogP contribution is 2.13. The van der Waals surface area contributed by atoms with E-state index in [0.717, 1.165) is 10.4 Å². The second-order valence-corrected chi connectivity index (χ2v) is 4.58. The first-order valence-electron chi connectivity index (χ1n) is 4.60. The summed E-state index contributed by atoms with van der Waals surface area (Å²) in [5.74, 6) is -0.639. The van der Waals surface area contributed by atoms with Gasteiger partial charge in [-0.25, -0.2) is 4.68 Å². The number of carboxylic acids is 1. The molecule has 0 saturated carbocycles. The van der Waals surface area contributed by atoms with E-state index in [1.807, 2.05) is 13.8 Å². The molecular formula is C9H13BrN2O3. The van der Waals surface area contributed by atoms with E-state index in [9.17, 15) is 9.59 Å². The number of H-pyrrole nitrogens is 1. The van der Waals surface area contributed by atoms with Crippen molar-refractivity contribution in [2.24, 2.45) is 5.92 Å². The minimum atomic E-state index is -1.04. The molecule has 0 fully saturated rings. The summed E-state index contributed by atoms with van der Waals surface area (Å²) in [6.07, 6.45) is 0.711. The van der Waals surface area contributed by atoms with Crippen LogP contribution >= 0.6 is 15.9 Å². The third kappa shape index (κ3) is 2.95. The van der Waals surface area contributed by atoms with E-state index in [-0.39, 0.29) is 12.1 Å². The Balaban J connectivity index is 3.01. The number of hydrogen-bond donors (Lipinski definition) is 2. The topological polar surface area (TPSA) is 75.1 Å².